The molecular formula is C22H23NO4. The first-order valence-electron chi connectivity index (χ1n) is 8.96. The predicted molar refractivity (Wildman–Crippen MR) is 103 cm³/mol. The molecule has 1 atom stereocenters. The maximum absolute atomic E-state index is 12.2. The predicted octanol–water partition coefficient (Wildman–Crippen LogP) is 4.03. The average molecular weight is 365 g/mol. The van der Waals surface area contributed by atoms with E-state index in [0.29, 0.717) is 6.42 Å². The standard InChI is InChI=1S/C22H23NO4/c1-3-8-16(13-26-15(2)24)23-22(25)27-14-21-19-11-6-4-9-17(19)18-10-5-7-12-20(18)21/h3-7,9-12,16,21H,1,8,13-14H2,2H3,(H,23,25). The van der Waals surface area contributed by atoms with Crippen molar-refractivity contribution in [1.82, 2.24) is 5.32 Å². The summed E-state index contributed by atoms with van der Waals surface area (Å²) in [6, 6.07) is 16.0. The van der Waals surface area contributed by atoms with Gasteiger partial charge in [-0.3, -0.25) is 4.79 Å². The van der Waals surface area contributed by atoms with Gasteiger partial charge in [-0.25, -0.2) is 4.79 Å². The van der Waals surface area contributed by atoms with Crippen LogP contribution in [0.15, 0.2) is 61.2 Å². The number of carbonyl (C=O) groups excluding carboxylic acids is 2. The summed E-state index contributed by atoms with van der Waals surface area (Å²) in [5, 5.41) is 2.74. The van der Waals surface area contributed by atoms with E-state index >= 15 is 0 Å². The van der Waals surface area contributed by atoms with E-state index < -0.39 is 12.1 Å². The maximum atomic E-state index is 12.2. The fourth-order valence-electron chi connectivity index (χ4n) is 3.39. The quantitative estimate of drug-likeness (QED) is 0.594. The van der Waals surface area contributed by atoms with E-state index in [1.807, 2.05) is 24.3 Å². The van der Waals surface area contributed by atoms with Crippen molar-refractivity contribution in [3.63, 3.8) is 0 Å². The van der Waals surface area contributed by atoms with Crippen LogP contribution < -0.4 is 5.32 Å². The van der Waals surface area contributed by atoms with Gasteiger partial charge in [0, 0.05) is 12.8 Å². The van der Waals surface area contributed by atoms with Gasteiger partial charge >= 0.3 is 12.1 Å². The van der Waals surface area contributed by atoms with Gasteiger partial charge in [0.05, 0.1) is 6.04 Å². The molecule has 2 aromatic carbocycles. The second-order valence-corrected chi connectivity index (χ2v) is 6.49. The lowest BCUT2D eigenvalue weighted by Gasteiger charge is -2.18. The van der Waals surface area contributed by atoms with Crippen LogP contribution in [0.25, 0.3) is 11.1 Å². The molecule has 1 amide bonds. The highest BCUT2D eigenvalue weighted by Crippen LogP contribution is 2.44. The number of hydrogen-bond acceptors (Lipinski definition) is 4. The number of rotatable bonds is 7. The number of fused-ring (bicyclic) bond motifs is 3. The number of carbonyl (C=O) groups is 2. The Morgan fingerprint density at radius 1 is 1.07 bits per heavy atom. The van der Waals surface area contributed by atoms with Gasteiger partial charge < -0.3 is 14.8 Å². The van der Waals surface area contributed by atoms with Gasteiger partial charge in [-0.15, -0.1) is 6.58 Å². The number of alkyl carbamates (subject to hydrolysis) is 1. The molecule has 0 bridgehead atoms. The minimum Gasteiger partial charge on any atom is -0.464 e. The molecule has 27 heavy (non-hydrogen) atoms. The SMILES string of the molecule is C=CCC(COC(C)=O)NC(=O)OCC1c2ccccc2-c2ccccc21. The summed E-state index contributed by atoms with van der Waals surface area (Å²) < 4.78 is 10.5. The van der Waals surface area contributed by atoms with Crippen LogP contribution in [0.4, 0.5) is 4.79 Å². The van der Waals surface area contributed by atoms with Crippen LogP contribution in [-0.2, 0) is 14.3 Å². The summed E-state index contributed by atoms with van der Waals surface area (Å²) in [6.45, 7) is 5.33. The van der Waals surface area contributed by atoms with E-state index in [2.05, 4.69) is 36.2 Å². The van der Waals surface area contributed by atoms with Crippen LogP contribution in [0, 0.1) is 0 Å². The molecule has 0 heterocycles. The Hall–Kier alpha value is -3.08. The van der Waals surface area contributed by atoms with Gasteiger partial charge in [0.2, 0.25) is 0 Å². The first-order chi connectivity index (χ1) is 13.1. The third-order valence-corrected chi connectivity index (χ3v) is 4.60. The maximum Gasteiger partial charge on any atom is 0.407 e. The van der Waals surface area contributed by atoms with E-state index in [4.69, 9.17) is 9.47 Å². The minimum absolute atomic E-state index is 0.00877. The Balaban J connectivity index is 1.65. The Labute approximate surface area is 159 Å². The number of nitrogens with one attached hydrogen (secondary N) is 1. The van der Waals surface area contributed by atoms with Crippen LogP contribution >= 0.6 is 0 Å². The molecule has 140 valence electrons. The molecule has 0 spiro atoms. The number of amides is 1. The van der Waals surface area contributed by atoms with Crippen LogP contribution in [0.1, 0.15) is 30.4 Å². The molecule has 1 aliphatic rings. The Morgan fingerprint density at radius 2 is 1.67 bits per heavy atom. The number of benzene rings is 2. The van der Waals surface area contributed by atoms with Crippen molar-refractivity contribution in [3.05, 3.63) is 72.3 Å². The van der Waals surface area contributed by atoms with Crippen LogP contribution in [0.5, 0.6) is 0 Å². The topological polar surface area (TPSA) is 64.6 Å². The largest absolute Gasteiger partial charge is 0.464 e. The molecule has 5 nitrogen and oxygen atoms in total. The van der Waals surface area contributed by atoms with Crippen molar-refractivity contribution in [3.8, 4) is 11.1 Å². The van der Waals surface area contributed by atoms with E-state index in [-0.39, 0.29) is 25.2 Å². The number of hydrogen-bond donors (Lipinski definition) is 1. The van der Waals surface area contributed by atoms with Gasteiger partial charge in [0.25, 0.3) is 0 Å². The minimum atomic E-state index is -0.532. The van der Waals surface area contributed by atoms with Crippen LogP contribution in [0.2, 0.25) is 0 Å². The molecule has 1 aliphatic carbocycles. The second kappa shape index (κ2) is 8.54. The van der Waals surface area contributed by atoms with Crippen molar-refractivity contribution >= 4 is 12.1 Å². The highest BCUT2D eigenvalue weighted by molar-refractivity contribution is 5.79. The summed E-state index contributed by atoms with van der Waals surface area (Å²) in [5.41, 5.74) is 4.69. The van der Waals surface area contributed by atoms with Gasteiger partial charge in [-0.05, 0) is 28.7 Å². The van der Waals surface area contributed by atoms with E-state index in [1.54, 1.807) is 6.08 Å². The molecule has 0 saturated carbocycles. The summed E-state index contributed by atoms with van der Waals surface area (Å²) in [6.07, 6.45) is 1.62. The third-order valence-electron chi connectivity index (χ3n) is 4.60. The lowest BCUT2D eigenvalue weighted by atomic mass is 9.98. The molecule has 0 aromatic heterocycles. The zero-order chi connectivity index (χ0) is 19.2. The second-order valence-electron chi connectivity index (χ2n) is 6.49. The van der Waals surface area contributed by atoms with Crippen LogP contribution in [-0.4, -0.2) is 31.3 Å². The van der Waals surface area contributed by atoms with Crippen LogP contribution in [0.3, 0.4) is 0 Å². The molecule has 0 fully saturated rings. The molecular weight excluding hydrogens is 342 g/mol. The van der Waals surface area contributed by atoms with E-state index in [1.165, 1.54) is 18.1 Å². The summed E-state index contributed by atoms with van der Waals surface area (Å²) in [7, 11) is 0. The highest BCUT2D eigenvalue weighted by atomic mass is 16.6. The lowest BCUT2D eigenvalue weighted by Crippen LogP contribution is -2.39. The van der Waals surface area contributed by atoms with Gasteiger partial charge in [-0.1, -0.05) is 54.6 Å². The fourth-order valence-corrected chi connectivity index (χ4v) is 3.39. The first-order valence-corrected chi connectivity index (χ1v) is 8.96. The fraction of sp³-hybridized carbons (Fsp3) is 0.273. The third kappa shape index (κ3) is 4.37. The molecule has 1 N–H and O–H groups in total. The summed E-state index contributed by atoms with van der Waals surface area (Å²) in [5.74, 6) is -0.382. The van der Waals surface area contributed by atoms with E-state index in [9.17, 15) is 9.59 Å². The monoisotopic (exact) mass is 365 g/mol. The average Bonchev–Trinajstić information content (AvgIpc) is 2.98. The zero-order valence-electron chi connectivity index (χ0n) is 15.3. The van der Waals surface area contributed by atoms with Gasteiger partial charge in [0.1, 0.15) is 13.2 Å². The molecule has 0 radical (unpaired) electrons. The van der Waals surface area contributed by atoms with Crippen molar-refractivity contribution in [2.24, 2.45) is 0 Å². The highest BCUT2D eigenvalue weighted by Gasteiger charge is 2.29. The van der Waals surface area contributed by atoms with Gasteiger partial charge in [0.15, 0.2) is 0 Å². The Kier molecular flexibility index (Phi) is 5.91. The molecule has 5 heteroatoms. The van der Waals surface area contributed by atoms with E-state index in [0.717, 1.165) is 11.1 Å². The number of esters is 1. The first kappa shape index (κ1) is 18.7. The molecule has 0 aliphatic heterocycles. The van der Waals surface area contributed by atoms with Gasteiger partial charge in [-0.2, -0.15) is 0 Å². The summed E-state index contributed by atoms with van der Waals surface area (Å²) >= 11 is 0. The Bertz CT molecular complexity index is 800. The smallest absolute Gasteiger partial charge is 0.407 e. The zero-order valence-corrected chi connectivity index (χ0v) is 15.3. The molecule has 3 rings (SSSR count). The van der Waals surface area contributed by atoms with Crippen molar-refractivity contribution in [2.45, 2.75) is 25.3 Å². The normalized spacial score (nSPS) is 13.2. The van der Waals surface area contributed by atoms with Crippen molar-refractivity contribution in [1.29, 1.82) is 0 Å². The number of ether oxygens (including phenoxy) is 2. The Morgan fingerprint density at radius 3 is 2.22 bits per heavy atom. The molecule has 0 saturated heterocycles. The summed E-state index contributed by atoms with van der Waals surface area (Å²) in [4.78, 5) is 23.2. The lowest BCUT2D eigenvalue weighted by molar-refractivity contribution is -0.141. The van der Waals surface area contributed by atoms with Crippen molar-refractivity contribution in [2.75, 3.05) is 13.2 Å². The molecule has 2 aromatic rings. The van der Waals surface area contributed by atoms with Crippen molar-refractivity contribution < 1.29 is 19.1 Å². The molecule has 1 unspecified atom stereocenters.